The van der Waals surface area contributed by atoms with Crippen molar-refractivity contribution in [3.63, 3.8) is 0 Å². The van der Waals surface area contributed by atoms with E-state index in [4.69, 9.17) is 23.2 Å². The molecule has 1 amide bonds. The van der Waals surface area contributed by atoms with Crippen molar-refractivity contribution >= 4 is 40.9 Å². The summed E-state index contributed by atoms with van der Waals surface area (Å²) < 4.78 is 45.9. The Morgan fingerprint density at radius 1 is 1.04 bits per heavy atom. The fourth-order valence-corrected chi connectivity index (χ4v) is 2.27. The summed E-state index contributed by atoms with van der Waals surface area (Å²) in [6, 6.07) is 7.42. The molecule has 0 unspecified atom stereocenters. The Balaban J connectivity index is 2.46. The Hall–Kier alpha value is -2.52. The van der Waals surface area contributed by atoms with E-state index in [2.05, 4.69) is 9.72 Å². The number of ether oxygens (including phenoxy) is 1. The maximum absolute atomic E-state index is 13.9. The number of rotatable bonds is 5. The Morgan fingerprint density at radius 3 is 2.11 bits per heavy atom. The van der Waals surface area contributed by atoms with Gasteiger partial charge in [-0.2, -0.15) is 13.2 Å². The van der Waals surface area contributed by atoms with Gasteiger partial charge in [0.2, 0.25) is 0 Å². The second kappa shape index (κ2) is 8.01. The first kappa shape index (κ1) is 20.8. The third-order valence-corrected chi connectivity index (χ3v) is 3.84. The zero-order valence-corrected chi connectivity index (χ0v) is 15.1. The maximum atomic E-state index is 13.9. The van der Waals surface area contributed by atoms with E-state index in [1.807, 2.05) is 5.32 Å². The number of alkyl halides is 3. The van der Waals surface area contributed by atoms with Crippen LogP contribution in [0.25, 0.3) is 0 Å². The molecule has 0 saturated heterocycles. The number of hydrogen-bond donors (Lipinski definition) is 2. The Labute approximate surface area is 161 Å². The normalized spacial score (nSPS) is 13.4. The quantitative estimate of drug-likeness (QED) is 0.568. The average molecular weight is 422 g/mol. The van der Waals surface area contributed by atoms with Gasteiger partial charge in [-0.3, -0.25) is 4.79 Å². The van der Waals surface area contributed by atoms with Crippen molar-refractivity contribution in [2.24, 2.45) is 0 Å². The van der Waals surface area contributed by atoms with Gasteiger partial charge in [-0.05, 0) is 36.4 Å². The first-order chi connectivity index (χ1) is 12.6. The first-order valence-corrected chi connectivity index (χ1v) is 7.97. The molecule has 27 heavy (non-hydrogen) atoms. The number of hydrogen-bond acceptors (Lipinski definition) is 5. The molecule has 0 fully saturated rings. The van der Waals surface area contributed by atoms with E-state index in [9.17, 15) is 22.8 Å². The smallest absolute Gasteiger partial charge is 0.441 e. The fraction of sp³-hybridized carbons (Fsp3) is 0.188. The second-order valence-corrected chi connectivity index (χ2v) is 6.06. The maximum Gasteiger partial charge on any atom is 0.441 e. The molecule has 1 atom stereocenters. The number of carbonyl (C=O) groups is 2. The minimum absolute atomic E-state index is 0.150. The van der Waals surface area contributed by atoms with Gasteiger partial charge in [0.1, 0.15) is 5.82 Å². The van der Waals surface area contributed by atoms with E-state index in [0.29, 0.717) is 0 Å². The van der Waals surface area contributed by atoms with Gasteiger partial charge in [0.05, 0.1) is 12.1 Å². The SMILES string of the molecule is COC(=O)[C@](NC(=O)c1ccc(Cl)cc1)(Nc1ccc(Cl)cn1)C(F)(F)F. The van der Waals surface area contributed by atoms with E-state index in [1.54, 1.807) is 5.32 Å². The van der Waals surface area contributed by atoms with Crippen LogP contribution in [0.3, 0.4) is 0 Å². The molecule has 0 aliphatic heterocycles. The van der Waals surface area contributed by atoms with Crippen LogP contribution in [-0.2, 0) is 9.53 Å². The molecular formula is C16H12Cl2F3N3O3. The fourth-order valence-electron chi connectivity index (χ4n) is 2.03. The molecule has 144 valence electrons. The number of halogens is 5. The zero-order valence-electron chi connectivity index (χ0n) is 13.6. The van der Waals surface area contributed by atoms with Crippen molar-refractivity contribution in [3.8, 4) is 0 Å². The second-order valence-electron chi connectivity index (χ2n) is 5.19. The lowest BCUT2D eigenvalue weighted by Gasteiger charge is -2.34. The highest BCUT2D eigenvalue weighted by atomic mass is 35.5. The van der Waals surface area contributed by atoms with Crippen LogP contribution in [-0.4, -0.2) is 35.8 Å². The van der Waals surface area contributed by atoms with Crippen LogP contribution >= 0.6 is 23.2 Å². The first-order valence-electron chi connectivity index (χ1n) is 7.22. The van der Waals surface area contributed by atoms with E-state index in [1.165, 1.54) is 30.3 Å². The van der Waals surface area contributed by atoms with Crippen LogP contribution in [0.4, 0.5) is 19.0 Å². The van der Waals surface area contributed by atoms with Crippen LogP contribution in [0.5, 0.6) is 0 Å². The summed E-state index contributed by atoms with van der Waals surface area (Å²) >= 11 is 11.4. The van der Waals surface area contributed by atoms with E-state index in [0.717, 1.165) is 19.4 Å². The molecule has 1 aromatic heterocycles. The van der Waals surface area contributed by atoms with Crippen molar-refractivity contribution < 1.29 is 27.5 Å². The molecule has 0 radical (unpaired) electrons. The highest BCUT2D eigenvalue weighted by Crippen LogP contribution is 2.33. The molecule has 1 heterocycles. The Bertz CT molecular complexity index is 830. The molecule has 1 aromatic carbocycles. The molecule has 0 aliphatic rings. The number of esters is 1. The van der Waals surface area contributed by atoms with Gasteiger partial charge in [0.15, 0.2) is 0 Å². The van der Waals surface area contributed by atoms with E-state index < -0.39 is 23.7 Å². The summed E-state index contributed by atoms with van der Waals surface area (Å²) in [4.78, 5) is 28.1. The predicted molar refractivity (Wildman–Crippen MR) is 92.6 cm³/mol. The van der Waals surface area contributed by atoms with Gasteiger partial charge in [0.25, 0.3) is 5.91 Å². The highest BCUT2D eigenvalue weighted by molar-refractivity contribution is 6.30. The highest BCUT2D eigenvalue weighted by Gasteiger charge is 2.63. The summed E-state index contributed by atoms with van der Waals surface area (Å²) in [5.41, 5.74) is -3.73. The van der Waals surface area contributed by atoms with Crippen molar-refractivity contribution in [1.29, 1.82) is 0 Å². The van der Waals surface area contributed by atoms with Crippen LogP contribution < -0.4 is 10.6 Å². The number of nitrogens with zero attached hydrogens (tertiary/aromatic N) is 1. The van der Waals surface area contributed by atoms with Gasteiger partial charge in [0, 0.05) is 16.8 Å². The largest absolute Gasteiger partial charge is 0.466 e. The number of pyridine rings is 1. The number of carbonyl (C=O) groups excluding carboxylic acids is 2. The van der Waals surface area contributed by atoms with Crippen molar-refractivity contribution in [1.82, 2.24) is 10.3 Å². The van der Waals surface area contributed by atoms with Gasteiger partial charge >= 0.3 is 17.8 Å². The third-order valence-electron chi connectivity index (χ3n) is 3.37. The monoisotopic (exact) mass is 421 g/mol. The summed E-state index contributed by atoms with van der Waals surface area (Å²) in [5.74, 6) is -3.33. The molecule has 0 aliphatic carbocycles. The molecule has 2 aromatic rings. The topological polar surface area (TPSA) is 80.3 Å². The molecule has 6 nitrogen and oxygen atoms in total. The average Bonchev–Trinajstić information content (AvgIpc) is 2.61. The lowest BCUT2D eigenvalue weighted by atomic mass is 10.1. The van der Waals surface area contributed by atoms with Gasteiger partial charge in [-0.1, -0.05) is 23.2 Å². The Morgan fingerprint density at radius 2 is 1.63 bits per heavy atom. The number of nitrogens with one attached hydrogen (secondary N) is 2. The van der Waals surface area contributed by atoms with Crippen molar-refractivity contribution in [3.05, 3.63) is 58.2 Å². The van der Waals surface area contributed by atoms with Crippen molar-refractivity contribution in [2.45, 2.75) is 11.8 Å². The summed E-state index contributed by atoms with van der Waals surface area (Å²) in [7, 11) is 0.758. The van der Waals surface area contributed by atoms with Crippen LogP contribution in [0.2, 0.25) is 10.0 Å². The van der Waals surface area contributed by atoms with Crippen LogP contribution in [0.15, 0.2) is 42.6 Å². The number of aromatic nitrogens is 1. The van der Waals surface area contributed by atoms with Crippen molar-refractivity contribution in [2.75, 3.05) is 12.4 Å². The summed E-state index contributed by atoms with van der Waals surface area (Å²) in [6.07, 6.45) is -4.20. The lowest BCUT2D eigenvalue weighted by molar-refractivity contribution is -0.203. The standard InChI is InChI=1S/C16H12Cl2F3N3O3/c1-27-14(26)15(16(19,20)21,23-12-7-6-11(18)8-22-12)24-13(25)9-2-4-10(17)5-3-9/h2-8H,1H3,(H,22,23)(H,24,25)/t15-/m1/s1. The Kier molecular flexibility index (Phi) is 6.17. The number of methoxy groups -OCH3 is 1. The van der Waals surface area contributed by atoms with Gasteiger partial charge in [-0.25, -0.2) is 9.78 Å². The number of benzene rings is 1. The molecule has 2 N–H and O–H groups in total. The lowest BCUT2D eigenvalue weighted by Crippen LogP contribution is -2.69. The van der Waals surface area contributed by atoms with E-state index >= 15 is 0 Å². The van der Waals surface area contributed by atoms with Gasteiger partial charge < -0.3 is 15.4 Å². The van der Waals surface area contributed by atoms with Crippen LogP contribution in [0, 0.1) is 0 Å². The molecule has 2 rings (SSSR count). The number of amides is 1. The molecular weight excluding hydrogens is 410 g/mol. The molecule has 0 spiro atoms. The third kappa shape index (κ3) is 4.61. The van der Waals surface area contributed by atoms with Crippen LogP contribution in [0.1, 0.15) is 10.4 Å². The summed E-state index contributed by atoms with van der Waals surface area (Å²) in [5, 5.41) is 4.00. The zero-order chi connectivity index (χ0) is 20.2. The molecule has 0 bridgehead atoms. The minimum atomic E-state index is -5.27. The minimum Gasteiger partial charge on any atom is -0.466 e. The molecule has 0 saturated carbocycles. The number of anilines is 1. The predicted octanol–water partition coefficient (Wildman–Crippen LogP) is 3.66. The van der Waals surface area contributed by atoms with E-state index in [-0.39, 0.29) is 21.4 Å². The van der Waals surface area contributed by atoms with Gasteiger partial charge in [-0.15, -0.1) is 0 Å². The summed E-state index contributed by atoms with van der Waals surface area (Å²) in [6.45, 7) is 0. The molecule has 11 heteroatoms.